The van der Waals surface area contributed by atoms with Crippen molar-refractivity contribution in [2.45, 2.75) is 19.0 Å². The van der Waals surface area contributed by atoms with Gasteiger partial charge in [-0.2, -0.15) is 11.8 Å². The van der Waals surface area contributed by atoms with Crippen molar-refractivity contribution in [3.05, 3.63) is 6.07 Å². The molecule has 4 nitrogen and oxygen atoms in total. The average Bonchev–Trinajstić information content (AvgIpc) is 2.37. The maximum atomic E-state index is 4.46. The van der Waals surface area contributed by atoms with Crippen LogP contribution in [0.4, 0.5) is 11.6 Å². The second kappa shape index (κ2) is 8.48. The van der Waals surface area contributed by atoms with Gasteiger partial charge in [0.05, 0.1) is 0 Å². The molecule has 0 fully saturated rings. The molecule has 0 aliphatic rings. The Kier molecular flexibility index (Phi) is 7.27. The Labute approximate surface area is 118 Å². The van der Waals surface area contributed by atoms with Crippen LogP contribution in [0.1, 0.15) is 13.8 Å². The topological polar surface area (TPSA) is 49.8 Å². The Morgan fingerprint density at radius 3 is 2.44 bits per heavy atom. The van der Waals surface area contributed by atoms with Gasteiger partial charge < -0.3 is 10.6 Å². The van der Waals surface area contributed by atoms with Crippen LogP contribution in [0.2, 0.25) is 0 Å². The molecular weight excluding hydrogens is 264 g/mol. The number of thioether (sulfide) groups is 2. The first kappa shape index (κ1) is 15.4. The summed E-state index contributed by atoms with van der Waals surface area (Å²) in [6, 6.07) is 1.97. The highest BCUT2D eigenvalue weighted by Gasteiger charge is 2.05. The smallest absolute Gasteiger partial charge is 0.191 e. The minimum atomic E-state index is 0.635. The first-order valence-corrected chi connectivity index (χ1v) is 8.71. The van der Waals surface area contributed by atoms with Crippen LogP contribution in [0.15, 0.2) is 11.2 Å². The van der Waals surface area contributed by atoms with Crippen molar-refractivity contribution in [1.82, 2.24) is 9.97 Å². The standard InChI is InChI=1S/C12H22N4S2/c1-5-13-10-6-11(16-12(15-10)18-4)14-7-9(2)8-17-3/h6,9H,5,7-8H2,1-4H3,(H2,13,14,15,16). The summed E-state index contributed by atoms with van der Waals surface area (Å²) in [5.74, 6) is 3.58. The highest BCUT2D eigenvalue weighted by Crippen LogP contribution is 2.17. The monoisotopic (exact) mass is 286 g/mol. The number of aromatic nitrogens is 2. The maximum Gasteiger partial charge on any atom is 0.191 e. The molecule has 0 aliphatic carbocycles. The van der Waals surface area contributed by atoms with Gasteiger partial charge in [0.25, 0.3) is 0 Å². The zero-order chi connectivity index (χ0) is 13.4. The van der Waals surface area contributed by atoms with Gasteiger partial charge in [0.1, 0.15) is 11.6 Å². The number of rotatable bonds is 8. The predicted molar refractivity (Wildman–Crippen MR) is 84.0 cm³/mol. The molecule has 0 aliphatic heterocycles. The molecule has 1 rings (SSSR count). The number of hydrogen-bond donors (Lipinski definition) is 2. The molecule has 0 radical (unpaired) electrons. The molecule has 0 saturated heterocycles. The fourth-order valence-corrected chi connectivity index (χ4v) is 2.57. The lowest BCUT2D eigenvalue weighted by Gasteiger charge is -2.13. The fourth-order valence-electron chi connectivity index (χ4n) is 1.50. The molecule has 1 aromatic rings. The molecule has 1 heterocycles. The van der Waals surface area contributed by atoms with Gasteiger partial charge in [0.15, 0.2) is 5.16 Å². The van der Waals surface area contributed by atoms with Gasteiger partial charge in [-0.25, -0.2) is 9.97 Å². The van der Waals surface area contributed by atoms with Crippen LogP contribution in [0, 0.1) is 5.92 Å². The van der Waals surface area contributed by atoms with Crippen molar-refractivity contribution in [3.8, 4) is 0 Å². The number of nitrogens with zero attached hydrogens (tertiary/aromatic N) is 2. The van der Waals surface area contributed by atoms with E-state index in [-0.39, 0.29) is 0 Å². The van der Waals surface area contributed by atoms with E-state index in [4.69, 9.17) is 0 Å². The zero-order valence-corrected chi connectivity index (χ0v) is 13.1. The maximum absolute atomic E-state index is 4.46. The summed E-state index contributed by atoms with van der Waals surface area (Å²) in [7, 11) is 0. The quantitative estimate of drug-likeness (QED) is 0.566. The second-order valence-electron chi connectivity index (χ2n) is 4.10. The molecule has 1 atom stereocenters. The molecule has 18 heavy (non-hydrogen) atoms. The van der Waals surface area contributed by atoms with E-state index < -0.39 is 0 Å². The highest BCUT2D eigenvalue weighted by molar-refractivity contribution is 7.98. The molecule has 1 aromatic heterocycles. The Hall–Kier alpha value is -0.620. The van der Waals surface area contributed by atoms with Gasteiger partial charge in [-0.3, -0.25) is 0 Å². The predicted octanol–water partition coefficient (Wildman–Crippen LogP) is 3.04. The Morgan fingerprint density at radius 1 is 1.22 bits per heavy atom. The summed E-state index contributed by atoms with van der Waals surface area (Å²) in [6.45, 7) is 6.12. The van der Waals surface area contributed by atoms with Gasteiger partial charge in [-0.1, -0.05) is 18.7 Å². The molecule has 6 heteroatoms. The number of hydrogen-bond acceptors (Lipinski definition) is 6. The molecule has 102 valence electrons. The first-order valence-electron chi connectivity index (χ1n) is 6.09. The highest BCUT2D eigenvalue weighted by atomic mass is 32.2. The van der Waals surface area contributed by atoms with Crippen LogP contribution >= 0.6 is 23.5 Å². The third-order valence-corrected chi connectivity index (χ3v) is 3.78. The molecule has 0 aromatic carbocycles. The van der Waals surface area contributed by atoms with E-state index >= 15 is 0 Å². The Morgan fingerprint density at radius 2 is 1.89 bits per heavy atom. The fraction of sp³-hybridized carbons (Fsp3) is 0.667. The van der Waals surface area contributed by atoms with Crippen LogP contribution in [-0.4, -0.2) is 41.3 Å². The van der Waals surface area contributed by atoms with Crippen LogP contribution < -0.4 is 10.6 Å². The molecule has 0 bridgehead atoms. The average molecular weight is 286 g/mol. The third kappa shape index (κ3) is 5.35. The number of anilines is 2. The third-order valence-electron chi connectivity index (χ3n) is 2.33. The second-order valence-corrected chi connectivity index (χ2v) is 5.78. The molecule has 0 spiro atoms. The van der Waals surface area contributed by atoms with Crippen molar-refractivity contribution < 1.29 is 0 Å². The molecule has 0 saturated carbocycles. The van der Waals surface area contributed by atoms with Gasteiger partial charge in [-0.05, 0) is 31.1 Å². The summed E-state index contributed by atoms with van der Waals surface area (Å²) in [5.41, 5.74) is 0. The van der Waals surface area contributed by atoms with E-state index in [0.29, 0.717) is 5.92 Å². The van der Waals surface area contributed by atoms with Crippen LogP contribution in [-0.2, 0) is 0 Å². The van der Waals surface area contributed by atoms with Gasteiger partial charge in [0, 0.05) is 19.2 Å². The lowest BCUT2D eigenvalue weighted by molar-refractivity contribution is 0.698. The normalized spacial score (nSPS) is 12.2. The van der Waals surface area contributed by atoms with Gasteiger partial charge in [0.2, 0.25) is 0 Å². The lowest BCUT2D eigenvalue weighted by Crippen LogP contribution is -2.14. The van der Waals surface area contributed by atoms with E-state index in [2.05, 4.69) is 40.7 Å². The summed E-state index contributed by atoms with van der Waals surface area (Å²) < 4.78 is 0. The van der Waals surface area contributed by atoms with Crippen LogP contribution in [0.3, 0.4) is 0 Å². The SMILES string of the molecule is CCNc1cc(NCC(C)CSC)nc(SC)n1. The van der Waals surface area contributed by atoms with Crippen LogP contribution in [0.25, 0.3) is 0 Å². The molecular formula is C12H22N4S2. The van der Waals surface area contributed by atoms with E-state index in [1.54, 1.807) is 11.8 Å². The molecule has 0 amide bonds. The Bertz CT molecular complexity index is 360. The molecule has 2 N–H and O–H groups in total. The van der Waals surface area contributed by atoms with Crippen molar-refractivity contribution in [1.29, 1.82) is 0 Å². The minimum absolute atomic E-state index is 0.635. The summed E-state index contributed by atoms with van der Waals surface area (Å²) >= 11 is 3.44. The van der Waals surface area contributed by atoms with Crippen molar-refractivity contribution in [3.63, 3.8) is 0 Å². The summed E-state index contributed by atoms with van der Waals surface area (Å²) in [4.78, 5) is 8.86. The minimum Gasteiger partial charge on any atom is -0.370 e. The number of nitrogens with one attached hydrogen (secondary N) is 2. The van der Waals surface area contributed by atoms with Gasteiger partial charge in [-0.15, -0.1) is 0 Å². The van der Waals surface area contributed by atoms with E-state index in [1.165, 1.54) is 0 Å². The van der Waals surface area contributed by atoms with Crippen LogP contribution in [0.5, 0.6) is 0 Å². The van der Waals surface area contributed by atoms with Crippen molar-refractivity contribution in [2.75, 3.05) is 42.0 Å². The van der Waals surface area contributed by atoms with Crippen molar-refractivity contribution in [2.24, 2.45) is 5.92 Å². The van der Waals surface area contributed by atoms with E-state index in [0.717, 1.165) is 35.6 Å². The van der Waals surface area contributed by atoms with Gasteiger partial charge >= 0.3 is 0 Å². The van der Waals surface area contributed by atoms with Crippen molar-refractivity contribution >= 4 is 35.2 Å². The largest absolute Gasteiger partial charge is 0.370 e. The lowest BCUT2D eigenvalue weighted by atomic mass is 10.2. The first-order chi connectivity index (χ1) is 8.69. The van der Waals surface area contributed by atoms with E-state index in [1.807, 2.05) is 24.1 Å². The Balaban J connectivity index is 2.65. The van der Waals surface area contributed by atoms with E-state index in [9.17, 15) is 0 Å². The molecule has 1 unspecified atom stereocenters. The summed E-state index contributed by atoms with van der Waals surface area (Å²) in [5, 5.41) is 7.41. The summed E-state index contributed by atoms with van der Waals surface area (Å²) in [6.07, 6.45) is 4.13. The zero-order valence-electron chi connectivity index (χ0n) is 11.5.